The van der Waals surface area contributed by atoms with Gasteiger partial charge in [0, 0.05) is 25.1 Å². The van der Waals surface area contributed by atoms with Gasteiger partial charge >= 0.3 is 6.03 Å². The van der Waals surface area contributed by atoms with Crippen LogP contribution < -0.4 is 16.0 Å². The molecule has 0 aliphatic heterocycles. The van der Waals surface area contributed by atoms with Gasteiger partial charge in [-0.2, -0.15) is 0 Å². The summed E-state index contributed by atoms with van der Waals surface area (Å²) in [5.74, 6) is -2.17. The van der Waals surface area contributed by atoms with Crippen molar-refractivity contribution in [3.05, 3.63) is 23.8 Å². The van der Waals surface area contributed by atoms with Gasteiger partial charge < -0.3 is 16.0 Å². The van der Waals surface area contributed by atoms with Crippen molar-refractivity contribution in [2.75, 3.05) is 11.9 Å². The second-order valence-electron chi connectivity index (χ2n) is 6.64. The summed E-state index contributed by atoms with van der Waals surface area (Å²) < 4.78 is 26.9. The van der Waals surface area contributed by atoms with Crippen LogP contribution in [0.15, 0.2) is 12.1 Å². The lowest BCUT2D eigenvalue weighted by molar-refractivity contribution is -0.116. The molecule has 1 aromatic carbocycles. The van der Waals surface area contributed by atoms with Crippen molar-refractivity contribution in [2.24, 2.45) is 0 Å². The van der Waals surface area contributed by atoms with E-state index in [2.05, 4.69) is 20.9 Å². The number of amides is 3. The molecule has 9 heteroatoms. The predicted molar refractivity (Wildman–Crippen MR) is 101 cm³/mol. The number of benzene rings is 1. The first-order valence-electron chi connectivity index (χ1n) is 9.11. The molecule has 27 heavy (non-hydrogen) atoms. The molecule has 1 fully saturated rings. The number of rotatable bonds is 6. The van der Waals surface area contributed by atoms with E-state index in [9.17, 15) is 18.4 Å². The van der Waals surface area contributed by atoms with E-state index in [4.69, 9.17) is 0 Å². The fraction of sp³-hybridized carbons (Fsp3) is 0.500. The first-order valence-corrected chi connectivity index (χ1v) is 9.93. The lowest BCUT2D eigenvalue weighted by Crippen LogP contribution is -2.43. The maximum Gasteiger partial charge on any atom is 0.315 e. The molecular weight excluding hydrogens is 374 g/mol. The van der Waals surface area contributed by atoms with Gasteiger partial charge in [0.05, 0.1) is 10.2 Å². The third-order valence-corrected chi connectivity index (χ3v) is 5.42. The van der Waals surface area contributed by atoms with Gasteiger partial charge in [-0.25, -0.2) is 18.6 Å². The van der Waals surface area contributed by atoms with Crippen LogP contribution in [0.3, 0.4) is 0 Å². The van der Waals surface area contributed by atoms with E-state index in [0.29, 0.717) is 28.3 Å². The Bertz CT molecular complexity index is 782. The molecule has 3 rings (SSSR count). The lowest BCUT2D eigenvalue weighted by atomic mass is 9.96. The third-order valence-electron chi connectivity index (χ3n) is 4.48. The number of hydrogen-bond donors (Lipinski definition) is 3. The van der Waals surface area contributed by atoms with Crippen molar-refractivity contribution >= 4 is 38.6 Å². The summed E-state index contributed by atoms with van der Waals surface area (Å²) in [5, 5.41) is 8.62. The molecule has 1 heterocycles. The molecule has 1 aliphatic rings. The highest BCUT2D eigenvalue weighted by molar-refractivity contribution is 7.22. The molecule has 0 saturated heterocycles. The third kappa shape index (κ3) is 5.59. The minimum atomic E-state index is -0.969. The fourth-order valence-corrected chi connectivity index (χ4v) is 3.98. The Balaban J connectivity index is 1.37. The summed E-state index contributed by atoms with van der Waals surface area (Å²) in [5.41, 5.74) is 0.301. The van der Waals surface area contributed by atoms with Crippen LogP contribution in [0.2, 0.25) is 0 Å². The van der Waals surface area contributed by atoms with Crippen LogP contribution in [0.5, 0.6) is 0 Å². The number of halogens is 2. The number of thiazole rings is 1. The van der Waals surface area contributed by atoms with Crippen molar-refractivity contribution < 1.29 is 18.4 Å². The standard InChI is InChI=1S/C18H22F2N4O2S/c19-12-9-14-15(10-13(12)20)27-18(23-14)24-16(25)7-4-8-21-17(26)22-11-5-2-1-3-6-11/h9-11H,1-8H2,(H2,21,22,26)(H,23,24,25). The Hall–Kier alpha value is -2.29. The number of fused-ring (bicyclic) bond motifs is 1. The Morgan fingerprint density at radius 1 is 1.15 bits per heavy atom. The smallest absolute Gasteiger partial charge is 0.315 e. The highest BCUT2D eigenvalue weighted by Crippen LogP contribution is 2.27. The molecule has 3 amide bonds. The van der Waals surface area contributed by atoms with E-state index in [1.54, 1.807) is 0 Å². The van der Waals surface area contributed by atoms with E-state index in [-0.39, 0.29) is 24.4 Å². The van der Waals surface area contributed by atoms with Gasteiger partial charge in [0.2, 0.25) is 5.91 Å². The number of nitrogens with zero attached hydrogens (tertiary/aromatic N) is 1. The number of anilines is 1. The largest absolute Gasteiger partial charge is 0.338 e. The molecular formula is C18H22F2N4O2S. The van der Waals surface area contributed by atoms with Crippen LogP contribution in [0.1, 0.15) is 44.9 Å². The topological polar surface area (TPSA) is 83.1 Å². The highest BCUT2D eigenvalue weighted by atomic mass is 32.1. The Morgan fingerprint density at radius 2 is 1.89 bits per heavy atom. The van der Waals surface area contributed by atoms with E-state index in [0.717, 1.165) is 49.2 Å². The number of carbonyl (C=O) groups is 2. The molecule has 0 spiro atoms. The maximum absolute atomic E-state index is 13.2. The predicted octanol–water partition coefficient (Wildman–Crippen LogP) is 3.93. The Kier molecular flexibility index (Phi) is 6.54. The minimum Gasteiger partial charge on any atom is -0.338 e. The molecule has 146 valence electrons. The number of aromatic nitrogens is 1. The van der Waals surface area contributed by atoms with Gasteiger partial charge in [0.25, 0.3) is 0 Å². The summed E-state index contributed by atoms with van der Waals surface area (Å²) in [6, 6.07) is 2.12. The molecule has 0 unspecified atom stereocenters. The van der Waals surface area contributed by atoms with Crippen molar-refractivity contribution in [3.8, 4) is 0 Å². The molecule has 3 N–H and O–H groups in total. The van der Waals surface area contributed by atoms with Gasteiger partial charge in [0.15, 0.2) is 16.8 Å². The van der Waals surface area contributed by atoms with Gasteiger partial charge in [0.1, 0.15) is 0 Å². The minimum absolute atomic E-state index is 0.197. The van der Waals surface area contributed by atoms with E-state index in [1.807, 2.05) is 0 Å². The van der Waals surface area contributed by atoms with Gasteiger partial charge in [-0.15, -0.1) is 0 Å². The second-order valence-corrected chi connectivity index (χ2v) is 7.67. The summed E-state index contributed by atoms with van der Waals surface area (Å²) in [4.78, 5) is 27.8. The summed E-state index contributed by atoms with van der Waals surface area (Å²) >= 11 is 1.08. The maximum atomic E-state index is 13.2. The summed E-state index contributed by atoms with van der Waals surface area (Å²) in [7, 11) is 0. The highest BCUT2D eigenvalue weighted by Gasteiger charge is 2.15. The molecule has 2 aromatic rings. The number of hydrogen-bond acceptors (Lipinski definition) is 4. The van der Waals surface area contributed by atoms with Gasteiger partial charge in [-0.1, -0.05) is 30.6 Å². The van der Waals surface area contributed by atoms with Gasteiger partial charge in [-0.3, -0.25) is 4.79 Å². The molecule has 1 saturated carbocycles. The zero-order valence-corrected chi connectivity index (χ0v) is 15.6. The zero-order valence-electron chi connectivity index (χ0n) is 14.8. The van der Waals surface area contributed by atoms with Crippen LogP contribution in [-0.4, -0.2) is 29.5 Å². The number of urea groups is 1. The molecule has 1 aliphatic carbocycles. The zero-order chi connectivity index (χ0) is 19.2. The molecule has 0 bridgehead atoms. The fourth-order valence-electron chi connectivity index (χ4n) is 3.09. The van der Waals surface area contributed by atoms with Crippen molar-refractivity contribution in [1.82, 2.24) is 15.6 Å². The lowest BCUT2D eigenvalue weighted by Gasteiger charge is -2.22. The summed E-state index contributed by atoms with van der Waals surface area (Å²) in [6.07, 6.45) is 6.26. The molecule has 0 radical (unpaired) electrons. The first-order chi connectivity index (χ1) is 13.0. The van der Waals surface area contributed by atoms with E-state index in [1.165, 1.54) is 6.42 Å². The average molecular weight is 396 g/mol. The van der Waals surface area contributed by atoms with E-state index >= 15 is 0 Å². The summed E-state index contributed by atoms with van der Waals surface area (Å²) in [6.45, 7) is 0.391. The van der Waals surface area contributed by atoms with Crippen molar-refractivity contribution in [1.29, 1.82) is 0 Å². The average Bonchev–Trinajstić information content (AvgIpc) is 3.01. The molecule has 1 aromatic heterocycles. The SMILES string of the molecule is O=C(CCCNC(=O)NC1CCCCC1)Nc1nc2cc(F)c(F)cc2s1. The van der Waals surface area contributed by atoms with Crippen molar-refractivity contribution in [2.45, 2.75) is 51.0 Å². The van der Waals surface area contributed by atoms with Gasteiger partial charge in [-0.05, 0) is 25.3 Å². The molecule has 0 atom stereocenters. The first kappa shape index (κ1) is 19.5. The Morgan fingerprint density at radius 3 is 2.67 bits per heavy atom. The number of carbonyl (C=O) groups excluding carboxylic acids is 2. The normalized spacial score (nSPS) is 14.9. The quantitative estimate of drug-likeness (QED) is 0.647. The van der Waals surface area contributed by atoms with Crippen LogP contribution in [-0.2, 0) is 4.79 Å². The van der Waals surface area contributed by atoms with Crippen LogP contribution in [0, 0.1) is 11.6 Å². The number of nitrogens with one attached hydrogen (secondary N) is 3. The van der Waals surface area contributed by atoms with Crippen LogP contribution in [0.4, 0.5) is 18.7 Å². The van der Waals surface area contributed by atoms with Crippen LogP contribution >= 0.6 is 11.3 Å². The Labute approximate surface area is 159 Å². The van der Waals surface area contributed by atoms with Crippen LogP contribution in [0.25, 0.3) is 10.2 Å². The van der Waals surface area contributed by atoms with Crippen molar-refractivity contribution in [3.63, 3.8) is 0 Å². The second kappa shape index (κ2) is 9.07. The van der Waals surface area contributed by atoms with E-state index < -0.39 is 11.6 Å². The monoisotopic (exact) mass is 396 g/mol. The molecule has 6 nitrogen and oxygen atoms in total.